The molecule has 1 heterocycles. The number of aromatic nitrogens is 3. The molecular formula is C11H18N4O3. The number of carbonyl (C=O) groups excluding carboxylic acids is 1. The highest BCUT2D eigenvalue weighted by atomic mass is 16.4. The summed E-state index contributed by atoms with van der Waals surface area (Å²) in [4.78, 5) is 24.4. The Balaban J connectivity index is 2.76. The van der Waals surface area contributed by atoms with Gasteiger partial charge in [0.1, 0.15) is 6.54 Å². The molecule has 1 amide bonds. The molecule has 0 bridgehead atoms. The summed E-state index contributed by atoms with van der Waals surface area (Å²) in [6.45, 7) is 7.73. The Morgan fingerprint density at radius 3 is 2.28 bits per heavy atom. The van der Waals surface area contributed by atoms with Gasteiger partial charge in [0, 0.05) is 12.1 Å². The second-order valence-electron chi connectivity index (χ2n) is 4.60. The summed E-state index contributed by atoms with van der Waals surface area (Å²) in [6.07, 6.45) is 1.25. The van der Waals surface area contributed by atoms with Crippen molar-refractivity contribution in [3.8, 4) is 0 Å². The van der Waals surface area contributed by atoms with Crippen molar-refractivity contribution in [1.82, 2.24) is 19.9 Å². The van der Waals surface area contributed by atoms with Crippen molar-refractivity contribution in [1.29, 1.82) is 0 Å². The minimum absolute atomic E-state index is 0.00333. The zero-order valence-corrected chi connectivity index (χ0v) is 11.0. The van der Waals surface area contributed by atoms with Gasteiger partial charge in [0.2, 0.25) is 5.91 Å². The minimum Gasteiger partial charge on any atom is -0.476 e. The normalized spacial score (nSPS) is 11.0. The van der Waals surface area contributed by atoms with E-state index in [1.54, 1.807) is 4.90 Å². The van der Waals surface area contributed by atoms with Crippen LogP contribution >= 0.6 is 0 Å². The molecule has 0 aromatic carbocycles. The van der Waals surface area contributed by atoms with E-state index in [9.17, 15) is 9.59 Å². The minimum atomic E-state index is -1.15. The maximum absolute atomic E-state index is 12.1. The van der Waals surface area contributed by atoms with Gasteiger partial charge in [0.25, 0.3) is 0 Å². The van der Waals surface area contributed by atoms with Crippen molar-refractivity contribution < 1.29 is 14.7 Å². The van der Waals surface area contributed by atoms with Gasteiger partial charge in [0.05, 0.1) is 6.20 Å². The van der Waals surface area contributed by atoms with E-state index in [4.69, 9.17) is 5.11 Å². The molecule has 0 atom stereocenters. The van der Waals surface area contributed by atoms with Gasteiger partial charge in [-0.05, 0) is 27.7 Å². The molecule has 0 saturated carbocycles. The van der Waals surface area contributed by atoms with Crippen LogP contribution in [0.4, 0.5) is 0 Å². The zero-order valence-electron chi connectivity index (χ0n) is 11.0. The van der Waals surface area contributed by atoms with Gasteiger partial charge in [-0.25, -0.2) is 9.48 Å². The Kier molecular flexibility index (Phi) is 4.41. The maximum atomic E-state index is 12.1. The smallest absolute Gasteiger partial charge is 0.358 e. The summed E-state index contributed by atoms with van der Waals surface area (Å²) in [6, 6.07) is 0.167. The van der Waals surface area contributed by atoms with Gasteiger partial charge < -0.3 is 10.0 Å². The van der Waals surface area contributed by atoms with Crippen LogP contribution in [0.1, 0.15) is 38.2 Å². The number of nitrogens with zero attached hydrogens (tertiary/aromatic N) is 4. The summed E-state index contributed by atoms with van der Waals surface area (Å²) < 4.78 is 1.24. The van der Waals surface area contributed by atoms with Gasteiger partial charge >= 0.3 is 5.97 Å². The molecular weight excluding hydrogens is 236 g/mol. The number of amides is 1. The molecule has 7 heteroatoms. The average molecular weight is 254 g/mol. The molecule has 0 saturated heterocycles. The first-order valence-corrected chi connectivity index (χ1v) is 5.77. The summed E-state index contributed by atoms with van der Waals surface area (Å²) >= 11 is 0. The second-order valence-corrected chi connectivity index (χ2v) is 4.60. The van der Waals surface area contributed by atoms with Gasteiger partial charge in [-0.2, -0.15) is 0 Å². The van der Waals surface area contributed by atoms with Crippen molar-refractivity contribution in [2.45, 2.75) is 46.3 Å². The van der Waals surface area contributed by atoms with Crippen LogP contribution in [0.3, 0.4) is 0 Å². The predicted molar refractivity (Wildman–Crippen MR) is 64.1 cm³/mol. The topological polar surface area (TPSA) is 88.3 Å². The Morgan fingerprint density at radius 2 is 1.89 bits per heavy atom. The molecule has 0 aliphatic heterocycles. The van der Waals surface area contributed by atoms with Crippen molar-refractivity contribution in [3.63, 3.8) is 0 Å². The molecule has 7 nitrogen and oxygen atoms in total. The van der Waals surface area contributed by atoms with Crippen molar-refractivity contribution in [3.05, 3.63) is 11.9 Å². The van der Waals surface area contributed by atoms with E-state index in [0.29, 0.717) is 0 Å². The van der Waals surface area contributed by atoms with E-state index in [1.807, 2.05) is 27.7 Å². The van der Waals surface area contributed by atoms with E-state index in [1.165, 1.54) is 10.9 Å². The first kappa shape index (κ1) is 14.1. The molecule has 0 radical (unpaired) electrons. The molecule has 0 fully saturated rings. The van der Waals surface area contributed by atoms with Crippen molar-refractivity contribution in [2.24, 2.45) is 0 Å². The second kappa shape index (κ2) is 5.61. The number of hydrogen-bond donors (Lipinski definition) is 1. The van der Waals surface area contributed by atoms with Gasteiger partial charge in [-0.1, -0.05) is 5.21 Å². The fraction of sp³-hybridized carbons (Fsp3) is 0.636. The van der Waals surface area contributed by atoms with E-state index in [-0.39, 0.29) is 30.2 Å². The van der Waals surface area contributed by atoms with E-state index in [0.717, 1.165) is 0 Å². The van der Waals surface area contributed by atoms with E-state index < -0.39 is 5.97 Å². The number of carboxylic acid groups (broad SMARTS) is 1. The molecule has 0 unspecified atom stereocenters. The highest BCUT2D eigenvalue weighted by Gasteiger charge is 2.21. The standard InChI is InChI=1S/C11H18N4O3/c1-7(2)15(8(3)4)10(16)6-14-5-9(11(17)18)12-13-14/h5,7-8H,6H2,1-4H3,(H,17,18). The Bertz CT molecular complexity index is 431. The summed E-state index contributed by atoms with van der Waals surface area (Å²) in [5.74, 6) is -1.26. The van der Waals surface area contributed by atoms with Crippen LogP contribution < -0.4 is 0 Å². The lowest BCUT2D eigenvalue weighted by molar-refractivity contribution is -0.135. The Morgan fingerprint density at radius 1 is 1.33 bits per heavy atom. The van der Waals surface area contributed by atoms with Crippen LogP contribution in [0, 0.1) is 0 Å². The highest BCUT2D eigenvalue weighted by Crippen LogP contribution is 2.06. The first-order valence-electron chi connectivity index (χ1n) is 5.77. The quantitative estimate of drug-likeness (QED) is 0.832. The molecule has 0 aliphatic carbocycles. The van der Waals surface area contributed by atoms with Crippen LogP contribution in [-0.2, 0) is 11.3 Å². The fourth-order valence-corrected chi connectivity index (χ4v) is 1.87. The summed E-state index contributed by atoms with van der Waals surface area (Å²) in [5, 5.41) is 15.8. The first-order chi connectivity index (χ1) is 8.32. The lowest BCUT2D eigenvalue weighted by Gasteiger charge is -2.30. The van der Waals surface area contributed by atoms with Crippen LogP contribution in [-0.4, -0.2) is 49.0 Å². The third-order valence-corrected chi connectivity index (χ3v) is 2.46. The number of rotatable bonds is 5. The fourth-order valence-electron chi connectivity index (χ4n) is 1.87. The number of carbonyl (C=O) groups is 2. The molecule has 100 valence electrons. The summed E-state index contributed by atoms with van der Waals surface area (Å²) in [7, 11) is 0. The van der Waals surface area contributed by atoms with Crippen LogP contribution in [0.25, 0.3) is 0 Å². The SMILES string of the molecule is CC(C)N(C(=O)Cn1cc(C(=O)O)nn1)C(C)C. The Labute approximate surface area is 105 Å². The largest absolute Gasteiger partial charge is 0.476 e. The molecule has 18 heavy (non-hydrogen) atoms. The van der Waals surface area contributed by atoms with Crippen molar-refractivity contribution in [2.75, 3.05) is 0 Å². The van der Waals surface area contributed by atoms with Crippen LogP contribution in [0.15, 0.2) is 6.20 Å². The predicted octanol–water partition coefficient (Wildman–Crippen LogP) is 0.622. The Hall–Kier alpha value is -1.92. The third kappa shape index (κ3) is 3.28. The number of hydrogen-bond acceptors (Lipinski definition) is 4. The number of carboxylic acids is 1. The molecule has 1 N–H and O–H groups in total. The lowest BCUT2D eigenvalue weighted by atomic mass is 10.2. The zero-order chi connectivity index (χ0) is 13.9. The maximum Gasteiger partial charge on any atom is 0.358 e. The molecule has 1 aromatic rings. The van der Waals surface area contributed by atoms with Crippen LogP contribution in [0.5, 0.6) is 0 Å². The molecule has 1 aromatic heterocycles. The molecule has 0 spiro atoms. The average Bonchev–Trinajstić information content (AvgIpc) is 2.64. The highest BCUT2D eigenvalue weighted by molar-refractivity contribution is 5.84. The van der Waals surface area contributed by atoms with Crippen LogP contribution in [0.2, 0.25) is 0 Å². The number of aromatic carboxylic acids is 1. The molecule has 0 aliphatic rings. The van der Waals surface area contributed by atoms with E-state index >= 15 is 0 Å². The van der Waals surface area contributed by atoms with E-state index in [2.05, 4.69) is 10.3 Å². The van der Waals surface area contributed by atoms with Crippen molar-refractivity contribution >= 4 is 11.9 Å². The lowest BCUT2D eigenvalue weighted by Crippen LogP contribution is -2.43. The summed E-state index contributed by atoms with van der Waals surface area (Å²) in [5.41, 5.74) is -0.163. The third-order valence-electron chi connectivity index (χ3n) is 2.46. The van der Waals surface area contributed by atoms with Gasteiger partial charge in [0.15, 0.2) is 5.69 Å². The molecule has 1 rings (SSSR count). The monoisotopic (exact) mass is 254 g/mol. The van der Waals surface area contributed by atoms with Gasteiger partial charge in [-0.15, -0.1) is 5.10 Å². The van der Waals surface area contributed by atoms with Gasteiger partial charge in [-0.3, -0.25) is 4.79 Å².